The van der Waals surface area contributed by atoms with Crippen molar-refractivity contribution in [3.05, 3.63) is 51.5 Å². The second-order valence-electron chi connectivity index (χ2n) is 8.98. The van der Waals surface area contributed by atoms with Gasteiger partial charge in [-0.3, -0.25) is 9.69 Å². The fraction of sp³-hybridized carbons (Fsp3) is 0.500. The number of fused-ring (bicyclic) bond motifs is 1. The van der Waals surface area contributed by atoms with Crippen LogP contribution in [0.5, 0.6) is 17.2 Å². The Hall–Kier alpha value is -2.15. The minimum absolute atomic E-state index is 0.186. The summed E-state index contributed by atoms with van der Waals surface area (Å²) in [6, 6.07) is 9.30. The molecule has 1 amide bonds. The second kappa shape index (κ2) is 11.5. The standard InChI is InChI=1S/C26H32Cl2N2O4/c1-32-24-12-19-7-9-30(26(31)14-20(19)13-25(24)33-2)17-18-4-3-8-29(16-18)10-11-34-21-5-6-22(27)23(28)15-21/h5-6,12-13,15,18H,3-4,7-11,14,16-17H2,1-2H3. The van der Waals surface area contributed by atoms with Crippen molar-refractivity contribution in [2.75, 3.05) is 53.6 Å². The predicted octanol–water partition coefficient (Wildman–Crippen LogP) is 4.73. The summed E-state index contributed by atoms with van der Waals surface area (Å²) in [7, 11) is 3.27. The molecule has 1 atom stereocenters. The van der Waals surface area contributed by atoms with Crippen LogP contribution in [-0.2, 0) is 17.6 Å². The van der Waals surface area contributed by atoms with E-state index < -0.39 is 0 Å². The van der Waals surface area contributed by atoms with E-state index in [4.69, 9.17) is 37.4 Å². The minimum atomic E-state index is 0.186. The summed E-state index contributed by atoms with van der Waals surface area (Å²) < 4.78 is 16.7. The lowest BCUT2D eigenvalue weighted by molar-refractivity contribution is -0.131. The molecule has 184 valence electrons. The molecule has 8 heteroatoms. The predicted molar refractivity (Wildman–Crippen MR) is 135 cm³/mol. The van der Waals surface area contributed by atoms with E-state index in [0.717, 1.165) is 63.3 Å². The third-order valence-electron chi connectivity index (χ3n) is 6.70. The molecule has 2 aliphatic rings. The molecule has 1 fully saturated rings. The summed E-state index contributed by atoms with van der Waals surface area (Å²) in [5.41, 5.74) is 2.20. The van der Waals surface area contributed by atoms with E-state index in [1.165, 1.54) is 5.56 Å². The highest BCUT2D eigenvalue weighted by Gasteiger charge is 2.27. The molecule has 4 rings (SSSR count). The van der Waals surface area contributed by atoms with Gasteiger partial charge in [0.1, 0.15) is 12.4 Å². The Morgan fingerprint density at radius 3 is 2.50 bits per heavy atom. The van der Waals surface area contributed by atoms with Crippen molar-refractivity contribution < 1.29 is 19.0 Å². The van der Waals surface area contributed by atoms with E-state index in [1.54, 1.807) is 26.4 Å². The number of benzene rings is 2. The van der Waals surface area contributed by atoms with Crippen molar-refractivity contribution in [1.29, 1.82) is 0 Å². The summed E-state index contributed by atoms with van der Waals surface area (Å²) in [6.45, 7) is 4.99. The first kappa shape index (κ1) is 25.0. The van der Waals surface area contributed by atoms with Crippen molar-refractivity contribution in [3.63, 3.8) is 0 Å². The second-order valence-corrected chi connectivity index (χ2v) is 9.79. The molecule has 0 spiro atoms. The van der Waals surface area contributed by atoms with Crippen molar-refractivity contribution >= 4 is 29.1 Å². The smallest absolute Gasteiger partial charge is 0.227 e. The Morgan fingerprint density at radius 1 is 1.00 bits per heavy atom. The summed E-state index contributed by atoms with van der Waals surface area (Å²) >= 11 is 12.0. The molecular weight excluding hydrogens is 475 g/mol. The van der Waals surface area contributed by atoms with Gasteiger partial charge in [0.05, 0.1) is 30.7 Å². The number of rotatable bonds is 8. The minimum Gasteiger partial charge on any atom is -0.493 e. The Morgan fingerprint density at radius 2 is 1.76 bits per heavy atom. The fourth-order valence-electron chi connectivity index (χ4n) is 4.88. The van der Waals surface area contributed by atoms with Gasteiger partial charge < -0.3 is 19.1 Å². The van der Waals surface area contributed by atoms with Crippen LogP contribution in [-0.4, -0.2) is 69.3 Å². The highest BCUT2D eigenvalue weighted by Crippen LogP contribution is 2.33. The molecule has 2 heterocycles. The fourth-order valence-corrected chi connectivity index (χ4v) is 5.17. The first-order valence-electron chi connectivity index (χ1n) is 11.8. The number of nitrogens with zero attached hydrogens (tertiary/aromatic N) is 2. The zero-order valence-corrected chi connectivity index (χ0v) is 21.3. The Balaban J connectivity index is 1.30. The molecule has 0 radical (unpaired) electrons. The molecule has 0 aliphatic carbocycles. The molecule has 1 saturated heterocycles. The van der Waals surface area contributed by atoms with Crippen LogP contribution in [0.2, 0.25) is 10.0 Å². The van der Waals surface area contributed by atoms with Gasteiger partial charge in [0.2, 0.25) is 5.91 Å². The van der Waals surface area contributed by atoms with E-state index in [2.05, 4.69) is 4.90 Å². The topological polar surface area (TPSA) is 51.2 Å². The normalized spacial score (nSPS) is 18.9. The maximum Gasteiger partial charge on any atom is 0.227 e. The molecule has 0 saturated carbocycles. The zero-order chi connectivity index (χ0) is 24.1. The molecule has 0 N–H and O–H groups in total. The summed E-state index contributed by atoms with van der Waals surface area (Å²) in [6.07, 6.45) is 3.51. The Bertz CT molecular complexity index is 1020. The SMILES string of the molecule is COc1cc2c(cc1OC)CC(=O)N(CC1CCCN(CCOc3ccc(Cl)c(Cl)c3)C1)CC2. The number of methoxy groups -OCH3 is 2. The number of piperidine rings is 1. The van der Waals surface area contributed by atoms with Crippen molar-refractivity contribution in [2.45, 2.75) is 25.7 Å². The molecule has 0 bridgehead atoms. The number of ether oxygens (including phenoxy) is 3. The lowest BCUT2D eigenvalue weighted by Crippen LogP contribution is -2.44. The van der Waals surface area contributed by atoms with Gasteiger partial charge in [-0.25, -0.2) is 0 Å². The van der Waals surface area contributed by atoms with Crippen molar-refractivity contribution in [2.24, 2.45) is 5.92 Å². The molecule has 34 heavy (non-hydrogen) atoms. The lowest BCUT2D eigenvalue weighted by atomic mass is 9.97. The molecule has 2 aliphatic heterocycles. The van der Waals surface area contributed by atoms with E-state index in [9.17, 15) is 4.79 Å². The number of carbonyl (C=O) groups excluding carboxylic acids is 1. The number of hydrogen-bond donors (Lipinski definition) is 0. The average molecular weight is 507 g/mol. The van der Waals surface area contributed by atoms with Crippen LogP contribution in [0, 0.1) is 5.92 Å². The third kappa shape index (κ3) is 6.09. The van der Waals surface area contributed by atoms with Crippen LogP contribution in [0.3, 0.4) is 0 Å². The van der Waals surface area contributed by atoms with Crippen LogP contribution in [0.4, 0.5) is 0 Å². The molecule has 2 aromatic carbocycles. The third-order valence-corrected chi connectivity index (χ3v) is 7.44. The quantitative estimate of drug-likeness (QED) is 0.517. The first-order chi connectivity index (χ1) is 16.5. The van der Waals surface area contributed by atoms with E-state index in [0.29, 0.717) is 40.5 Å². The summed E-state index contributed by atoms with van der Waals surface area (Å²) in [4.78, 5) is 17.5. The average Bonchev–Trinajstić information content (AvgIpc) is 2.98. The molecular formula is C26H32Cl2N2O4. The largest absolute Gasteiger partial charge is 0.493 e. The number of likely N-dealkylation sites (tertiary alicyclic amines) is 1. The molecule has 1 unspecified atom stereocenters. The van der Waals surface area contributed by atoms with E-state index >= 15 is 0 Å². The zero-order valence-electron chi connectivity index (χ0n) is 19.8. The van der Waals surface area contributed by atoms with Crippen LogP contribution in [0.1, 0.15) is 24.0 Å². The van der Waals surface area contributed by atoms with Crippen LogP contribution >= 0.6 is 23.2 Å². The molecule has 6 nitrogen and oxygen atoms in total. The number of carbonyl (C=O) groups is 1. The number of halogens is 2. The van der Waals surface area contributed by atoms with Gasteiger partial charge in [-0.2, -0.15) is 0 Å². The highest BCUT2D eigenvalue weighted by molar-refractivity contribution is 6.42. The van der Waals surface area contributed by atoms with Crippen molar-refractivity contribution in [3.8, 4) is 17.2 Å². The van der Waals surface area contributed by atoms with Gasteiger partial charge in [0, 0.05) is 32.2 Å². The van der Waals surface area contributed by atoms with Crippen LogP contribution < -0.4 is 14.2 Å². The monoisotopic (exact) mass is 506 g/mol. The number of hydrogen-bond acceptors (Lipinski definition) is 5. The van der Waals surface area contributed by atoms with Gasteiger partial charge in [-0.15, -0.1) is 0 Å². The Kier molecular flexibility index (Phi) is 8.46. The maximum absolute atomic E-state index is 13.1. The van der Waals surface area contributed by atoms with E-state index in [-0.39, 0.29) is 5.91 Å². The van der Waals surface area contributed by atoms with Crippen LogP contribution in [0.15, 0.2) is 30.3 Å². The maximum atomic E-state index is 13.1. The van der Waals surface area contributed by atoms with Crippen LogP contribution in [0.25, 0.3) is 0 Å². The van der Waals surface area contributed by atoms with Gasteiger partial charge in [-0.1, -0.05) is 23.2 Å². The van der Waals surface area contributed by atoms with Gasteiger partial charge in [0.15, 0.2) is 11.5 Å². The van der Waals surface area contributed by atoms with Gasteiger partial charge >= 0.3 is 0 Å². The van der Waals surface area contributed by atoms with E-state index in [1.807, 2.05) is 23.1 Å². The first-order valence-corrected chi connectivity index (χ1v) is 12.5. The van der Waals surface area contributed by atoms with Gasteiger partial charge in [0.25, 0.3) is 0 Å². The van der Waals surface area contributed by atoms with Gasteiger partial charge in [-0.05, 0) is 67.1 Å². The summed E-state index contributed by atoms with van der Waals surface area (Å²) in [5, 5.41) is 1.02. The highest BCUT2D eigenvalue weighted by atomic mass is 35.5. The summed E-state index contributed by atoms with van der Waals surface area (Å²) in [5.74, 6) is 2.77. The lowest BCUT2D eigenvalue weighted by Gasteiger charge is -2.35. The van der Waals surface area contributed by atoms with Crippen molar-refractivity contribution in [1.82, 2.24) is 9.80 Å². The molecule has 0 aromatic heterocycles. The number of amides is 1. The Labute approximate surface area is 211 Å². The molecule has 2 aromatic rings.